The third-order valence-electron chi connectivity index (χ3n) is 3.52. The van der Waals surface area contributed by atoms with Crippen molar-refractivity contribution in [3.8, 4) is 0 Å². The molecule has 110 valence electrons. The number of nitrogens with two attached hydrogens (primary N) is 1. The summed E-state index contributed by atoms with van der Waals surface area (Å²) < 4.78 is 13.5. The Morgan fingerprint density at radius 2 is 1.90 bits per heavy atom. The minimum atomic E-state index is -0.768. The van der Waals surface area contributed by atoms with E-state index >= 15 is 0 Å². The van der Waals surface area contributed by atoms with Gasteiger partial charge in [-0.15, -0.1) is 0 Å². The van der Waals surface area contributed by atoms with Crippen molar-refractivity contribution in [2.75, 3.05) is 5.32 Å². The standard InChI is InChI=1S/C17H19FN2O/c1-10-4-5-11(2)14(8-10)12(3)20-13-6-7-16(18)15(9-13)17(19)21/h4-9,12,20H,1-3H3,(H2,19,21). The maximum atomic E-state index is 13.5. The van der Waals surface area contributed by atoms with Gasteiger partial charge in [-0.2, -0.15) is 0 Å². The van der Waals surface area contributed by atoms with Gasteiger partial charge in [0.1, 0.15) is 5.82 Å². The molecule has 0 fully saturated rings. The molecule has 1 amide bonds. The Morgan fingerprint density at radius 1 is 1.19 bits per heavy atom. The number of hydrogen-bond acceptors (Lipinski definition) is 2. The molecule has 0 heterocycles. The molecule has 2 rings (SSSR count). The lowest BCUT2D eigenvalue weighted by atomic mass is 9.99. The van der Waals surface area contributed by atoms with Gasteiger partial charge in [-0.1, -0.05) is 23.8 Å². The number of carbonyl (C=O) groups excluding carboxylic acids is 1. The molecule has 21 heavy (non-hydrogen) atoms. The number of halogens is 1. The van der Waals surface area contributed by atoms with E-state index in [1.165, 1.54) is 28.8 Å². The van der Waals surface area contributed by atoms with E-state index in [2.05, 4.69) is 23.5 Å². The number of rotatable bonds is 4. The molecule has 0 saturated heterocycles. The summed E-state index contributed by atoms with van der Waals surface area (Å²) >= 11 is 0. The Labute approximate surface area is 124 Å². The molecular weight excluding hydrogens is 267 g/mol. The molecule has 1 atom stereocenters. The van der Waals surface area contributed by atoms with Gasteiger partial charge in [0.25, 0.3) is 5.91 Å². The zero-order valence-electron chi connectivity index (χ0n) is 12.4. The maximum Gasteiger partial charge on any atom is 0.251 e. The van der Waals surface area contributed by atoms with Crippen LogP contribution >= 0.6 is 0 Å². The predicted octanol–water partition coefficient (Wildman–Crippen LogP) is 3.71. The van der Waals surface area contributed by atoms with Crippen LogP contribution in [-0.2, 0) is 0 Å². The Bertz CT molecular complexity index is 682. The number of primary amides is 1. The van der Waals surface area contributed by atoms with Crippen LogP contribution in [0.15, 0.2) is 36.4 Å². The molecule has 0 bridgehead atoms. The van der Waals surface area contributed by atoms with Gasteiger partial charge in [0, 0.05) is 11.7 Å². The molecular formula is C17H19FN2O. The van der Waals surface area contributed by atoms with Crippen molar-refractivity contribution in [2.24, 2.45) is 5.73 Å². The summed E-state index contributed by atoms with van der Waals surface area (Å²) in [6.45, 7) is 6.11. The summed E-state index contributed by atoms with van der Waals surface area (Å²) in [5.74, 6) is -1.37. The SMILES string of the molecule is Cc1ccc(C)c(C(C)Nc2ccc(F)c(C(N)=O)c2)c1. The lowest BCUT2D eigenvalue weighted by molar-refractivity contribution is 0.0996. The first-order chi connectivity index (χ1) is 9.88. The average Bonchev–Trinajstić information content (AvgIpc) is 2.43. The van der Waals surface area contributed by atoms with Gasteiger partial charge in [-0.05, 0) is 50.1 Å². The van der Waals surface area contributed by atoms with Crippen molar-refractivity contribution in [1.82, 2.24) is 0 Å². The number of hydrogen-bond donors (Lipinski definition) is 2. The maximum absolute atomic E-state index is 13.5. The molecule has 4 heteroatoms. The first kappa shape index (κ1) is 15.0. The second kappa shape index (κ2) is 5.95. The smallest absolute Gasteiger partial charge is 0.251 e. The number of benzene rings is 2. The van der Waals surface area contributed by atoms with Gasteiger partial charge >= 0.3 is 0 Å². The van der Waals surface area contributed by atoms with Gasteiger partial charge < -0.3 is 11.1 Å². The second-order valence-corrected chi connectivity index (χ2v) is 5.28. The summed E-state index contributed by atoms with van der Waals surface area (Å²) in [4.78, 5) is 11.2. The highest BCUT2D eigenvalue weighted by Gasteiger charge is 2.12. The van der Waals surface area contributed by atoms with Crippen LogP contribution in [0, 0.1) is 19.7 Å². The van der Waals surface area contributed by atoms with Crippen LogP contribution in [0.4, 0.5) is 10.1 Å². The van der Waals surface area contributed by atoms with Gasteiger partial charge in [0.15, 0.2) is 0 Å². The molecule has 1 unspecified atom stereocenters. The van der Waals surface area contributed by atoms with Crippen LogP contribution in [0.3, 0.4) is 0 Å². The fourth-order valence-electron chi connectivity index (χ4n) is 2.36. The number of carbonyl (C=O) groups is 1. The van der Waals surface area contributed by atoms with Crippen molar-refractivity contribution in [1.29, 1.82) is 0 Å². The van der Waals surface area contributed by atoms with Crippen molar-refractivity contribution in [3.63, 3.8) is 0 Å². The van der Waals surface area contributed by atoms with Crippen LogP contribution in [0.2, 0.25) is 0 Å². The molecule has 0 saturated carbocycles. The first-order valence-corrected chi connectivity index (χ1v) is 6.81. The van der Waals surface area contributed by atoms with E-state index in [0.29, 0.717) is 5.69 Å². The Morgan fingerprint density at radius 3 is 2.57 bits per heavy atom. The van der Waals surface area contributed by atoms with Crippen LogP contribution < -0.4 is 11.1 Å². The van der Waals surface area contributed by atoms with Gasteiger partial charge in [0.05, 0.1) is 5.56 Å². The van der Waals surface area contributed by atoms with Crippen molar-refractivity contribution in [3.05, 3.63) is 64.5 Å². The largest absolute Gasteiger partial charge is 0.378 e. The minimum Gasteiger partial charge on any atom is -0.378 e. The molecule has 0 spiro atoms. The predicted molar refractivity (Wildman–Crippen MR) is 82.9 cm³/mol. The van der Waals surface area contributed by atoms with Crippen LogP contribution in [-0.4, -0.2) is 5.91 Å². The molecule has 3 nitrogen and oxygen atoms in total. The molecule has 2 aromatic carbocycles. The highest BCUT2D eigenvalue weighted by Crippen LogP contribution is 2.24. The van der Waals surface area contributed by atoms with Crippen LogP contribution in [0.25, 0.3) is 0 Å². The molecule has 0 radical (unpaired) electrons. The quantitative estimate of drug-likeness (QED) is 0.900. The van der Waals surface area contributed by atoms with E-state index in [-0.39, 0.29) is 11.6 Å². The monoisotopic (exact) mass is 286 g/mol. The van der Waals surface area contributed by atoms with Crippen LogP contribution in [0.1, 0.15) is 40.0 Å². The average molecular weight is 286 g/mol. The molecule has 0 aliphatic carbocycles. The molecule has 0 aromatic heterocycles. The van der Waals surface area contributed by atoms with E-state index < -0.39 is 11.7 Å². The summed E-state index contributed by atoms with van der Waals surface area (Å²) in [5, 5.41) is 3.27. The van der Waals surface area contributed by atoms with E-state index in [9.17, 15) is 9.18 Å². The van der Waals surface area contributed by atoms with Gasteiger partial charge in [-0.3, -0.25) is 4.79 Å². The van der Waals surface area contributed by atoms with E-state index in [0.717, 1.165) is 0 Å². The summed E-state index contributed by atoms with van der Waals surface area (Å²) in [6.07, 6.45) is 0. The summed E-state index contributed by atoms with van der Waals surface area (Å²) in [7, 11) is 0. The number of aryl methyl sites for hydroxylation is 2. The van der Waals surface area contributed by atoms with Crippen molar-refractivity contribution >= 4 is 11.6 Å². The Kier molecular flexibility index (Phi) is 4.26. The third-order valence-corrected chi connectivity index (χ3v) is 3.52. The number of amides is 1. The Balaban J connectivity index is 2.27. The van der Waals surface area contributed by atoms with Gasteiger partial charge in [-0.25, -0.2) is 4.39 Å². The zero-order valence-corrected chi connectivity index (χ0v) is 12.4. The summed E-state index contributed by atoms with van der Waals surface area (Å²) in [5.41, 5.74) is 9.25. The van der Waals surface area contributed by atoms with Crippen LogP contribution in [0.5, 0.6) is 0 Å². The van der Waals surface area contributed by atoms with Crippen molar-refractivity contribution < 1.29 is 9.18 Å². The van der Waals surface area contributed by atoms with E-state index in [4.69, 9.17) is 5.73 Å². The molecule has 2 aromatic rings. The number of nitrogens with one attached hydrogen (secondary N) is 1. The third kappa shape index (κ3) is 3.40. The number of anilines is 1. The van der Waals surface area contributed by atoms with E-state index in [1.807, 2.05) is 20.8 Å². The highest BCUT2D eigenvalue weighted by molar-refractivity contribution is 5.94. The van der Waals surface area contributed by atoms with E-state index in [1.54, 1.807) is 6.07 Å². The minimum absolute atomic E-state index is 0.0380. The summed E-state index contributed by atoms with van der Waals surface area (Å²) in [6, 6.07) is 10.6. The highest BCUT2D eigenvalue weighted by atomic mass is 19.1. The van der Waals surface area contributed by atoms with Crippen molar-refractivity contribution in [2.45, 2.75) is 26.8 Å². The molecule has 0 aliphatic rings. The fourth-order valence-corrected chi connectivity index (χ4v) is 2.36. The first-order valence-electron chi connectivity index (χ1n) is 6.81. The second-order valence-electron chi connectivity index (χ2n) is 5.28. The molecule has 0 aliphatic heterocycles. The lowest BCUT2D eigenvalue weighted by Gasteiger charge is -2.19. The fraction of sp³-hybridized carbons (Fsp3) is 0.235. The Hall–Kier alpha value is -2.36. The van der Waals surface area contributed by atoms with Gasteiger partial charge in [0.2, 0.25) is 0 Å². The topological polar surface area (TPSA) is 55.1 Å². The normalized spacial score (nSPS) is 12.0. The molecule has 3 N–H and O–H groups in total. The lowest BCUT2D eigenvalue weighted by Crippen LogP contribution is -2.14. The zero-order chi connectivity index (χ0) is 15.6.